The van der Waals surface area contributed by atoms with E-state index in [4.69, 9.17) is 0 Å². The van der Waals surface area contributed by atoms with Crippen molar-refractivity contribution in [2.24, 2.45) is 0 Å². The molecule has 10 rings (SSSR count). The van der Waals surface area contributed by atoms with Gasteiger partial charge >= 0.3 is 0 Å². The van der Waals surface area contributed by atoms with Crippen molar-refractivity contribution < 1.29 is 0 Å². The molecule has 0 saturated carbocycles. The molecule has 0 amide bonds. The molecule has 0 aliphatic heterocycles. The first-order chi connectivity index (χ1) is 29.2. The van der Waals surface area contributed by atoms with E-state index in [1.54, 1.807) is 11.3 Å². The van der Waals surface area contributed by atoms with Crippen molar-refractivity contribution >= 4 is 72.2 Å². The van der Waals surface area contributed by atoms with Crippen LogP contribution in [0, 0.1) is 0 Å². The molecule has 1 heterocycles. The predicted molar refractivity (Wildman–Crippen MR) is 258 cm³/mol. The molecule has 0 fully saturated rings. The number of fused-ring (bicyclic) bond motifs is 3. The van der Waals surface area contributed by atoms with Gasteiger partial charge in [-0.05, 0) is 115 Å². The second kappa shape index (κ2) is 15.6. The van der Waals surface area contributed by atoms with Crippen molar-refractivity contribution in [3.63, 3.8) is 0 Å². The van der Waals surface area contributed by atoms with E-state index in [0.717, 1.165) is 17.1 Å². The zero-order chi connectivity index (χ0) is 39.7. The third-order valence-electron chi connectivity index (χ3n) is 11.4. The lowest BCUT2D eigenvalue weighted by atomic mass is 9.96. The van der Waals surface area contributed by atoms with E-state index in [1.807, 2.05) is 6.08 Å². The van der Waals surface area contributed by atoms with Gasteiger partial charge in [-0.2, -0.15) is 0 Å². The van der Waals surface area contributed by atoms with Gasteiger partial charge in [0.15, 0.2) is 0 Å². The number of rotatable bonds is 9. The summed E-state index contributed by atoms with van der Waals surface area (Å²) in [6, 6.07) is 73.0. The fraction of sp³-hybridized carbons (Fsp3) is 0.0175. The summed E-state index contributed by atoms with van der Waals surface area (Å²) >= 11 is 1.79. The Labute approximate surface area is 350 Å². The van der Waals surface area contributed by atoms with Gasteiger partial charge in [-0.25, -0.2) is 0 Å². The Kier molecular flexibility index (Phi) is 9.54. The van der Waals surface area contributed by atoms with Crippen LogP contribution in [0.15, 0.2) is 213 Å². The number of hydrogen-bond donors (Lipinski definition) is 0. The highest BCUT2D eigenvalue weighted by atomic mass is 32.1. The molecule has 9 aromatic carbocycles. The Morgan fingerprint density at radius 3 is 1.51 bits per heavy atom. The second-order valence-corrected chi connectivity index (χ2v) is 16.0. The van der Waals surface area contributed by atoms with Crippen LogP contribution >= 0.6 is 11.3 Å². The third-order valence-corrected chi connectivity index (χ3v) is 12.6. The molecule has 59 heavy (non-hydrogen) atoms. The normalized spacial score (nSPS) is 11.5. The second-order valence-electron chi connectivity index (χ2n) is 14.9. The first-order valence-electron chi connectivity index (χ1n) is 20.1. The van der Waals surface area contributed by atoms with E-state index in [-0.39, 0.29) is 0 Å². The van der Waals surface area contributed by atoms with Crippen LogP contribution < -0.4 is 4.90 Å². The number of allylic oxidation sites excluding steroid dienone is 1. The molecule has 0 atom stereocenters. The zero-order valence-electron chi connectivity index (χ0n) is 32.8. The molecule has 1 nitrogen and oxygen atoms in total. The van der Waals surface area contributed by atoms with E-state index in [9.17, 15) is 0 Å². The van der Waals surface area contributed by atoms with Crippen molar-refractivity contribution in [3.05, 3.63) is 223 Å². The van der Waals surface area contributed by atoms with E-state index in [1.165, 1.54) is 86.6 Å². The molecule has 0 N–H and O–H groups in total. The molecule has 1 aromatic heterocycles. The molecule has 10 aromatic rings. The summed E-state index contributed by atoms with van der Waals surface area (Å²) in [5.41, 5.74) is 14.1. The van der Waals surface area contributed by atoms with Gasteiger partial charge in [-0.3, -0.25) is 0 Å². The fourth-order valence-electron chi connectivity index (χ4n) is 8.52. The van der Waals surface area contributed by atoms with Gasteiger partial charge in [0.1, 0.15) is 0 Å². The number of hydrogen-bond acceptors (Lipinski definition) is 2. The number of para-hydroxylation sites is 1. The summed E-state index contributed by atoms with van der Waals surface area (Å²) in [6.07, 6.45) is 6.29. The van der Waals surface area contributed by atoms with Crippen molar-refractivity contribution in [2.45, 2.75) is 6.92 Å². The predicted octanol–water partition coefficient (Wildman–Crippen LogP) is 17.0. The van der Waals surface area contributed by atoms with Gasteiger partial charge in [0.05, 0.1) is 5.69 Å². The van der Waals surface area contributed by atoms with Crippen molar-refractivity contribution in [1.82, 2.24) is 0 Å². The Hall–Kier alpha value is -7.26. The maximum Gasteiger partial charge on any atom is 0.0540 e. The molecule has 280 valence electrons. The molecule has 0 spiro atoms. The zero-order valence-corrected chi connectivity index (χ0v) is 33.7. The van der Waals surface area contributed by atoms with Gasteiger partial charge < -0.3 is 4.90 Å². The smallest absolute Gasteiger partial charge is 0.0540 e. The average molecular weight is 772 g/mol. The van der Waals surface area contributed by atoms with Gasteiger partial charge in [-0.1, -0.05) is 183 Å². The molecule has 0 radical (unpaired) electrons. The van der Waals surface area contributed by atoms with Gasteiger partial charge in [0.25, 0.3) is 0 Å². The summed E-state index contributed by atoms with van der Waals surface area (Å²) in [5, 5.41) is 6.27. The molecular formula is C57H41NS. The minimum atomic E-state index is 1.09. The van der Waals surface area contributed by atoms with Crippen LogP contribution in [0.2, 0.25) is 0 Å². The Morgan fingerprint density at radius 1 is 0.441 bits per heavy atom. The first kappa shape index (κ1) is 36.1. The average Bonchev–Trinajstić information content (AvgIpc) is 3.66. The monoisotopic (exact) mass is 771 g/mol. The lowest BCUT2D eigenvalue weighted by molar-refractivity contribution is 1.28. The maximum absolute atomic E-state index is 4.12. The summed E-state index contributed by atoms with van der Waals surface area (Å²) in [6.45, 7) is 6.19. The lowest BCUT2D eigenvalue weighted by Gasteiger charge is -2.28. The third kappa shape index (κ3) is 6.74. The summed E-state index contributed by atoms with van der Waals surface area (Å²) in [4.78, 5) is 3.59. The lowest BCUT2D eigenvalue weighted by Crippen LogP contribution is -2.11. The quantitative estimate of drug-likeness (QED) is 0.141. The molecule has 0 saturated heterocycles. The van der Waals surface area contributed by atoms with E-state index < -0.39 is 0 Å². The van der Waals surface area contributed by atoms with Crippen LogP contribution in [0.3, 0.4) is 0 Å². The highest BCUT2D eigenvalue weighted by Crippen LogP contribution is 2.44. The maximum atomic E-state index is 4.12. The largest absolute Gasteiger partial charge is 0.310 e. The SMILES string of the molecule is C=Cc1sc2ccc(-c3ccccc3N(c3ccc(-c4ccc(-c5cccc6ccccc56)cc4)cc3)c3ccc(-c4cccc5ccccc45)cc3)cc2c1/C=C\C. The van der Waals surface area contributed by atoms with E-state index in [0.29, 0.717) is 0 Å². The number of nitrogens with zero attached hydrogens (tertiary/aromatic N) is 1. The van der Waals surface area contributed by atoms with Crippen LogP contribution in [-0.4, -0.2) is 0 Å². The molecular weight excluding hydrogens is 731 g/mol. The van der Waals surface area contributed by atoms with Gasteiger partial charge in [0.2, 0.25) is 0 Å². The minimum absolute atomic E-state index is 1.09. The number of thiophene rings is 1. The van der Waals surface area contributed by atoms with Crippen LogP contribution in [0.5, 0.6) is 0 Å². The van der Waals surface area contributed by atoms with E-state index in [2.05, 4.69) is 231 Å². The van der Waals surface area contributed by atoms with Crippen molar-refractivity contribution in [2.75, 3.05) is 4.90 Å². The summed E-state index contributed by atoms with van der Waals surface area (Å²) < 4.78 is 1.26. The fourth-order valence-corrected chi connectivity index (χ4v) is 9.55. The standard InChI is InChI=1S/C57H41NS/c1-3-13-53-54-38-45(32-37-57(54)59-56(53)4-2)52-20-9-10-23-55(52)58(47-35-30-44(31-36-47)51-22-12-17-42-15-6-8-19-49(42)51)46-33-28-40(29-34-46)39-24-26-43(27-25-39)50-21-11-16-41-14-5-7-18-48(41)50/h3-38H,2H2,1H3/b13-3-. The number of anilines is 3. The Bertz CT molecular complexity index is 3160. The van der Waals surface area contributed by atoms with Crippen LogP contribution in [0.4, 0.5) is 17.1 Å². The Balaban J connectivity index is 1.06. The van der Waals surface area contributed by atoms with Gasteiger partial charge in [0, 0.05) is 31.9 Å². The highest BCUT2D eigenvalue weighted by Gasteiger charge is 2.19. The van der Waals surface area contributed by atoms with Crippen molar-refractivity contribution in [3.8, 4) is 44.5 Å². The first-order valence-corrected chi connectivity index (χ1v) is 21.0. The molecule has 2 heteroatoms. The van der Waals surface area contributed by atoms with Crippen LogP contribution in [0.25, 0.3) is 88.3 Å². The summed E-state index contributed by atoms with van der Waals surface area (Å²) in [5.74, 6) is 0. The number of benzene rings is 9. The Morgan fingerprint density at radius 2 is 0.915 bits per heavy atom. The van der Waals surface area contributed by atoms with Crippen molar-refractivity contribution in [1.29, 1.82) is 0 Å². The van der Waals surface area contributed by atoms with Crippen LogP contribution in [0.1, 0.15) is 17.4 Å². The minimum Gasteiger partial charge on any atom is -0.310 e. The molecule has 0 unspecified atom stereocenters. The topological polar surface area (TPSA) is 3.24 Å². The van der Waals surface area contributed by atoms with Gasteiger partial charge in [-0.15, -0.1) is 11.3 Å². The molecule has 0 aliphatic carbocycles. The van der Waals surface area contributed by atoms with E-state index >= 15 is 0 Å². The summed E-state index contributed by atoms with van der Waals surface area (Å²) in [7, 11) is 0. The highest BCUT2D eigenvalue weighted by molar-refractivity contribution is 7.20. The molecule has 0 bridgehead atoms. The van der Waals surface area contributed by atoms with Crippen LogP contribution in [-0.2, 0) is 0 Å². The molecule has 0 aliphatic rings.